The molecule has 1 fully saturated rings. The standard InChI is InChI=1S/C28H31BrN4O6/c1-3-28(36)21-4-5-33(26(34)20(21)16-39-27(28)35)15-19-18(14-32-8-6-31(2)7-9-32)17-12-23-24(38-11-10-37-23)13-22(17)30-25(19)29/h4-5,12-13,36H,3,6-11,14-16H2,1-2H3. The number of aliphatic hydroxyl groups is 1. The number of aromatic nitrogens is 2. The smallest absolute Gasteiger partial charge is 0.343 e. The highest BCUT2D eigenvalue weighted by molar-refractivity contribution is 9.10. The van der Waals surface area contributed by atoms with Crippen LogP contribution in [0.5, 0.6) is 11.5 Å². The number of hydrogen-bond donors (Lipinski definition) is 1. The van der Waals surface area contributed by atoms with Gasteiger partial charge < -0.3 is 28.8 Å². The minimum atomic E-state index is -1.81. The average Bonchev–Trinajstić information content (AvgIpc) is 2.94. The predicted molar refractivity (Wildman–Crippen MR) is 147 cm³/mol. The van der Waals surface area contributed by atoms with Crippen LogP contribution in [0.15, 0.2) is 33.8 Å². The predicted octanol–water partition coefficient (Wildman–Crippen LogP) is 2.38. The summed E-state index contributed by atoms with van der Waals surface area (Å²) in [4.78, 5) is 35.5. The fourth-order valence-electron chi connectivity index (χ4n) is 5.59. The van der Waals surface area contributed by atoms with Crippen molar-refractivity contribution in [3.8, 4) is 11.5 Å². The van der Waals surface area contributed by atoms with Gasteiger partial charge in [0.25, 0.3) is 5.56 Å². The minimum Gasteiger partial charge on any atom is -0.486 e. The van der Waals surface area contributed by atoms with Crippen LogP contribution in [-0.2, 0) is 34.8 Å². The number of halogens is 1. The molecule has 1 aromatic carbocycles. The number of piperazine rings is 1. The highest BCUT2D eigenvalue weighted by Crippen LogP contribution is 2.38. The Kier molecular flexibility index (Phi) is 6.86. The number of likely N-dealkylation sites (N-methyl/N-ethyl adjacent to an activating group) is 1. The number of rotatable bonds is 5. The first-order valence-electron chi connectivity index (χ1n) is 13.2. The van der Waals surface area contributed by atoms with Gasteiger partial charge in [0.1, 0.15) is 24.4 Å². The Morgan fingerprint density at radius 3 is 2.46 bits per heavy atom. The van der Waals surface area contributed by atoms with Gasteiger partial charge in [0, 0.05) is 61.5 Å². The summed E-state index contributed by atoms with van der Waals surface area (Å²) in [6.07, 6.45) is 1.76. The van der Waals surface area contributed by atoms with Crippen LogP contribution in [0.4, 0.5) is 0 Å². The van der Waals surface area contributed by atoms with Gasteiger partial charge in [-0.3, -0.25) is 9.69 Å². The van der Waals surface area contributed by atoms with Gasteiger partial charge in [0.15, 0.2) is 17.1 Å². The van der Waals surface area contributed by atoms with Crippen molar-refractivity contribution >= 4 is 32.8 Å². The largest absolute Gasteiger partial charge is 0.486 e. The van der Waals surface area contributed by atoms with E-state index in [-0.39, 0.29) is 25.1 Å². The summed E-state index contributed by atoms with van der Waals surface area (Å²) in [5, 5.41) is 11.9. The molecule has 5 heterocycles. The topological polar surface area (TPSA) is 106 Å². The van der Waals surface area contributed by atoms with E-state index in [0.29, 0.717) is 47.0 Å². The van der Waals surface area contributed by atoms with Crippen molar-refractivity contribution in [1.29, 1.82) is 0 Å². The van der Waals surface area contributed by atoms with Crippen molar-refractivity contribution in [1.82, 2.24) is 19.4 Å². The number of cyclic esters (lactones) is 1. The zero-order valence-electron chi connectivity index (χ0n) is 22.0. The summed E-state index contributed by atoms with van der Waals surface area (Å²) in [5.74, 6) is 0.644. The molecule has 1 saturated heterocycles. The Morgan fingerprint density at radius 2 is 1.74 bits per heavy atom. The van der Waals surface area contributed by atoms with Gasteiger partial charge in [0.05, 0.1) is 17.6 Å². The van der Waals surface area contributed by atoms with Crippen molar-refractivity contribution in [2.24, 2.45) is 0 Å². The van der Waals surface area contributed by atoms with E-state index < -0.39 is 11.6 Å². The Morgan fingerprint density at radius 1 is 1.03 bits per heavy atom. The summed E-state index contributed by atoms with van der Waals surface area (Å²) in [6.45, 7) is 7.29. The molecule has 10 nitrogen and oxygen atoms in total. The number of carbonyl (C=O) groups excluding carboxylic acids is 1. The van der Waals surface area contributed by atoms with E-state index in [1.165, 1.54) is 0 Å². The summed E-state index contributed by atoms with van der Waals surface area (Å²) in [7, 11) is 2.13. The van der Waals surface area contributed by atoms with Crippen LogP contribution >= 0.6 is 15.9 Å². The molecule has 0 bridgehead atoms. The SMILES string of the molecule is CCC1(O)C(=O)OCc2c1ccn(Cc1c(Br)nc3cc4c(cc3c1CN1CCN(C)CC1)OCCO4)c2=O. The van der Waals surface area contributed by atoms with Gasteiger partial charge in [-0.25, -0.2) is 9.78 Å². The van der Waals surface area contributed by atoms with Gasteiger partial charge >= 0.3 is 5.97 Å². The Hall–Kier alpha value is -2.99. The van der Waals surface area contributed by atoms with E-state index in [2.05, 4.69) is 32.8 Å². The van der Waals surface area contributed by atoms with Gasteiger partial charge in [-0.2, -0.15) is 0 Å². The number of nitrogens with zero attached hydrogens (tertiary/aromatic N) is 4. The molecule has 0 spiro atoms. The van der Waals surface area contributed by atoms with Crippen LogP contribution in [0.3, 0.4) is 0 Å². The van der Waals surface area contributed by atoms with Crippen molar-refractivity contribution in [2.45, 2.75) is 38.6 Å². The number of fused-ring (bicyclic) bond motifs is 3. The monoisotopic (exact) mass is 598 g/mol. The van der Waals surface area contributed by atoms with Crippen molar-refractivity contribution < 1.29 is 24.1 Å². The second kappa shape index (κ2) is 10.2. The van der Waals surface area contributed by atoms with E-state index in [0.717, 1.165) is 48.2 Å². The van der Waals surface area contributed by atoms with Crippen LogP contribution in [0.25, 0.3) is 10.9 Å². The maximum Gasteiger partial charge on any atom is 0.343 e. The number of esters is 1. The second-order valence-electron chi connectivity index (χ2n) is 10.4. The van der Waals surface area contributed by atoms with Gasteiger partial charge in [-0.05, 0) is 47.1 Å². The van der Waals surface area contributed by atoms with Gasteiger partial charge in [-0.15, -0.1) is 0 Å². The van der Waals surface area contributed by atoms with E-state index in [1.807, 2.05) is 12.1 Å². The maximum atomic E-state index is 13.6. The molecule has 0 amide bonds. The molecular formula is C28H31BrN4O6. The highest BCUT2D eigenvalue weighted by Gasteiger charge is 2.44. The third-order valence-corrected chi connectivity index (χ3v) is 8.69. The van der Waals surface area contributed by atoms with Gasteiger partial charge in [0.2, 0.25) is 0 Å². The Labute approximate surface area is 234 Å². The van der Waals surface area contributed by atoms with E-state index in [4.69, 9.17) is 19.2 Å². The lowest BCUT2D eigenvalue weighted by Crippen LogP contribution is -2.44. The molecule has 3 aromatic rings. The van der Waals surface area contributed by atoms with Crippen LogP contribution in [-0.4, -0.2) is 76.9 Å². The molecule has 0 saturated carbocycles. The first kappa shape index (κ1) is 26.2. The maximum absolute atomic E-state index is 13.6. The zero-order valence-corrected chi connectivity index (χ0v) is 23.6. The molecule has 6 rings (SSSR count). The molecule has 3 aliphatic heterocycles. The molecule has 11 heteroatoms. The second-order valence-corrected chi connectivity index (χ2v) is 11.1. The molecule has 206 valence electrons. The fourth-order valence-corrected chi connectivity index (χ4v) is 6.14. The van der Waals surface area contributed by atoms with E-state index >= 15 is 0 Å². The van der Waals surface area contributed by atoms with E-state index in [9.17, 15) is 14.7 Å². The van der Waals surface area contributed by atoms with Crippen molar-refractivity contribution in [3.05, 3.63) is 61.6 Å². The highest BCUT2D eigenvalue weighted by atomic mass is 79.9. The molecule has 3 aliphatic rings. The lowest BCUT2D eigenvalue weighted by molar-refractivity contribution is -0.172. The Bertz CT molecular complexity index is 1520. The van der Waals surface area contributed by atoms with Gasteiger partial charge in [-0.1, -0.05) is 6.92 Å². The summed E-state index contributed by atoms with van der Waals surface area (Å²) in [6, 6.07) is 5.57. The van der Waals surface area contributed by atoms with Crippen molar-refractivity contribution in [3.63, 3.8) is 0 Å². The van der Waals surface area contributed by atoms with Crippen LogP contribution in [0.1, 0.15) is 35.6 Å². The zero-order chi connectivity index (χ0) is 27.3. The first-order valence-corrected chi connectivity index (χ1v) is 14.0. The summed E-state index contributed by atoms with van der Waals surface area (Å²) >= 11 is 3.70. The fraction of sp³-hybridized carbons (Fsp3) is 0.464. The molecule has 0 radical (unpaired) electrons. The minimum absolute atomic E-state index is 0.119. The molecule has 1 N–H and O–H groups in total. The number of ether oxygens (including phenoxy) is 3. The summed E-state index contributed by atoms with van der Waals surface area (Å²) in [5.41, 5.74) is 1.24. The van der Waals surface area contributed by atoms with E-state index in [1.54, 1.807) is 23.8 Å². The van der Waals surface area contributed by atoms with Crippen LogP contribution in [0.2, 0.25) is 0 Å². The number of hydrogen-bond acceptors (Lipinski definition) is 9. The third-order valence-electron chi connectivity index (χ3n) is 8.03. The van der Waals surface area contributed by atoms with Crippen LogP contribution in [0, 0.1) is 0 Å². The van der Waals surface area contributed by atoms with Crippen molar-refractivity contribution in [2.75, 3.05) is 46.4 Å². The molecule has 1 atom stereocenters. The summed E-state index contributed by atoms with van der Waals surface area (Å²) < 4.78 is 19.1. The molecule has 39 heavy (non-hydrogen) atoms. The molecule has 2 aromatic heterocycles. The lowest BCUT2D eigenvalue weighted by atomic mass is 9.87. The Balaban J connectivity index is 1.46. The lowest BCUT2D eigenvalue weighted by Gasteiger charge is -2.33. The number of carbonyl (C=O) groups is 1. The molecule has 0 aliphatic carbocycles. The molecular weight excluding hydrogens is 568 g/mol. The molecule has 1 unspecified atom stereocenters. The normalized spacial score (nSPS) is 21.6. The third kappa shape index (κ3) is 4.61. The first-order chi connectivity index (χ1) is 18.8. The van der Waals surface area contributed by atoms with Crippen LogP contribution < -0.4 is 15.0 Å². The average molecular weight is 599 g/mol. The number of benzene rings is 1. The number of pyridine rings is 2. The quantitative estimate of drug-likeness (QED) is 0.350.